The predicted octanol–water partition coefficient (Wildman–Crippen LogP) is 1.59. The number of carbonyl (C=O) groups is 3. The van der Waals surface area contributed by atoms with Crippen LogP contribution in [0, 0.1) is 5.92 Å². The summed E-state index contributed by atoms with van der Waals surface area (Å²) in [5.74, 6) is -1.12. The van der Waals surface area contributed by atoms with Crippen molar-refractivity contribution in [3.05, 3.63) is 29.8 Å². The Morgan fingerprint density at radius 3 is 2.41 bits per heavy atom. The van der Waals surface area contributed by atoms with Crippen molar-refractivity contribution in [2.24, 2.45) is 11.7 Å². The number of carbonyl (C=O) groups excluding carboxylic acids is 3. The Morgan fingerprint density at radius 2 is 1.89 bits per heavy atom. The number of nitrogens with two attached hydrogens (primary N) is 1. The lowest BCUT2D eigenvalue weighted by molar-refractivity contribution is -0.148. The molecule has 8 heteroatoms. The van der Waals surface area contributed by atoms with Gasteiger partial charge in [-0.1, -0.05) is 19.1 Å². The maximum absolute atomic E-state index is 12.8. The molecule has 1 aromatic carbocycles. The van der Waals surface area contributed by atoms with Crippen molar-refractivity contribution >= 4 is 17.9 Å². The van der Waals surface area contributed by atoms with Gasteiger partial charge in [0.2, 0.25) is 5.91 Å². The molecular formula is C19H27N3O5. The van der Waals surface area contributed by atoms with Crippen molar-refractivity contribution in [3.63, 3.8) is 0 Å². The van der Waals surface area contributed by atoms with Gasteiger partial charge in [-0.25, -0.2) is 4.79 Å². The van der Waals surface area contributed by atoms with Gasteiger partial charge in [-0.05, 0) is 37.5 Å². The molecule has 0 spiro atoms. The molecule has 8 nitrogen and oxygen atoms in total. The third kappa shape index (κ3) is 4.50. The number of benzene rings is 1. The number of rotatable bonds is 7. The van der Waals surface area contributed by atoms with E-state index in [0.717, 1.165) is 6.42 Å². The minimum atomic E-state index is -0.886. The SMILES string of the molecule is CCCNC(=O)N1C(C(N)=O)CC(C(=O)OCC)C1c1ccc(OC)cc1. The second-order valence-corrected chi connectivity index (χ2v) is 6.37. The number of nitrogens with one attached hydrogen (secondary N) is 1. The number of urea groups is 1. The molecule has 2 rings (SSSR count). The van der Waals surface area contributed by atoms with E-state index in [1.54, 1.807) is 38.3 Å². The number of hydrogen-bond donors (Lipinski definition) is 2. The van der Waals surface area contributed by atoms with Gasteiger partial charge in [0.15, 0.2) is 0 Å². The molecule has 0 saturated carbocycles. The molecule has 1 heterocycles. The van der Waals surface area contributed by atoms with Crippen LogP contribution in [0.2, 0.25) is 0 Å². The Bertz CT molecular complexity index is 676. The first kappa shape index (κ1) is 20.5. The molecule has 3 amide bonds. The second-order valence-electron chi connectivity index (χ2n) is 6.37. The number of likely N-dealkylation sites (tertiary alicyclic amines) is 1. The Hall–Kier alpha value is -2.77. The lowest BCUT2D eigenvalue weighted by atomic mass is 9.93. The van der Waals surface area contributed by atoms with Crippen LogP contribution >= 0.6 is 0 Å². The number of ether oxygens (including phenoxy) is 2. The van der Waals surface area contributed by atoms with Crippen LogP contribution in [0.25, 0.3) is 0 Å². The van der Waals surface area contributed by atoms with E-state index in [-0.39, 0.29) is 13.0 Å². The second kappa shape index (κ2) is 9.25. The first-order valence-electron chi connectivity index (χ1n) is 9.10. The van der Waals surface area contributed by atoms with Crippen LogP contribution < -0.4 is 15.8 Å². The molecule has 3 atom stereocenters. The highest BCUT2D eigenvalue weighted by atomic mass is 16.5. The molecule has 3 unspecified atom stereocenters. The van der Waals surface area contributed by atoms with Gasteiger partial charge in [0.05, 0.1) is 25.7 Å². The van der Waals surface area contributed by atoms with Crippen LogP contribution in [-0.4, -0.2) is 49.1 Å². The van der Waals surface area contributed by atoms with Crippen LogP contribution in [0.4, 0.5) is 4.79 Å². The average molecular weight is 377 g/mol. The molecule has 1 fully saturated rings. The summed E-state index contributed by atoms with van der Waals surface area (Å²) in [5.41, 5.74) is 6.26. The quantitative estimate of drug-likeness (QED) is 0.701. The van der Waals surface area contributed by atoms with Crippen LogP contribution in [0.15, 0.2) is 24.3 Å². The molecule has 27 heavy (non-hydrogen) atoms. The van der Waals surface area contributed by atoms with Gasteiger partial charge in [-0.3, -0.25) is 9.59 Å². The molecule has 0 aliphatic carbocycles. The summed E-state index contributed by atoms with van der Waals surface area (Å²) in [6.45, 7) is 4.32. The summed E-state index contributed by atoms with van der Waals surface area (Å²) < 4.78 is 10.4. The largest absolute Gasteiger partial charge is 0.497 e. The minimum absolute atomic E-state index is 0.129. The fraction of sp³-hybridized carbons (Fsp3) is 0.526. The van der Waals surface area contributed by atoms with Gasteiger partial charge >= 0.3 is 12.0 Å². The molecular weight excluding hydrogens is 350 g/mol. The van der Waals surface area contributed by atoms with Gasteiger partial charge < -0.3 is 25.4 Å². The van der Waals surface area contributed by atoms with Crippen molar-refractivity contribution in [1.29, 1.82) is 0 Å². The molecule has 3 N–H and O–H groups in total. The van der Waals surface area contributed by atoms with E-state index in [4.69, 9.17) is 15.2 Å². The maximum Gasteiger partial charge on any atom is 0.318 e. The smallest absolute Gasteiger partial charge is 0.318 e. The highest BCUT2D eigenvalue weighted by Gasteiger charge is 2.50. The summed E-state index contributed by atoms with van der Waals surface area (Å²) in [5, 5.41) is 2.78. The van der Waals surface area contributed by atoms with Gasteiger partial charge in [0.25, 0.3) is 0 Å². The summed E-state index contributed by atoms with van der Waals surface area (Å²) in [6, 6.07) is 5.09. The summed E-state index contributed by atoms with van der Waals surface area (Å²) in [6.07, 6.45) is 0.875. The van der Waals surface area contributed by atoms with E-state index >= 15 is 0 Å². The topological polar surface area (TPSA) is 111 Å². The van der Waals surface area contributed by atoms with Crippen molar-refractivity contribution in [3.8, 4) is 5.75 Å². The Balaban J connectivity index is 2.45. The molecule has 1 aliphatic rings. The molecule has 1 aromatic rings. The summed E-state index contributed by atoms with van der Waals surface area (Å²) in [4.78, 5) is 38.7. The van der Waals surface area contributed by atoms with Gasteiger partial charge in [-0.15, -0.1) is 0 Å². The van der Waals surface area contributed by atoms with E-state index < -0.39 is 35.9 Å². The Kier molecular flexibility index (Phi) is 7.04. The zero-order valence-electron chi connectivity index (χ0n) is 15.9. The van der Waals surface area contributed by atoms with Crippen LogP contribution in [-0.2, 0) is 14.3 Å². The number of esters is 1. The minimum Gasteiger partial charge on any atom is -0.497 e. The number of methoxy groups -OCH3 is 1. The normalized spacial score (nSPS) is 21.6. The van der Waals surface area contributed by atoms with E-state index in [9.17, 15) is 14.4 Å². The molecule has 1 saturated heterocycles. The van der Waals surface area contributed by atoms with E-state index in [0.29, 0.717) is 17.9 Å². The van der Waals surface area contributed by atoms with Gasteiger partial charge in [0.1, 0.15) is 11.8 Å². The fourth-order valence-corrected chi connectivity index (χ4v) is 3.38. The first-order valence-corrected chi connectivity index (χ1v) is 9.10. The van der Waals surface area contributed by atoms with Crippen molar-refractivity contribution < 1.29 is 23.9 Å². The molecule has 0 radical (unpaired) electrons. The van der Waals surface area contributed by atoms with Crippen molar-refractivity contribution in [2.45, 2.75) is 38.8 Å². The number of amides is 3. The van der Waals surface area contributed by atoms with Gasteiger partial charge in [-0.2, -0.15) is 0 Å². The van der Waals surface area contributed by atoms with Gasteiger partial charge in [0, 0.05) is 6.54 Å². The molecule has 0 aromatic heterocycles. The third-order valence-electron chi connectivity index (χ3n) is 4.63. The molecule has 148 valence electrons. The summed E-state index contributed by atoms with van der Waals surface area (Å²) in [7, 11) is 1.56. The maximum atomic E-state index is 12.8. The standard InChI is InChI=1S/C19H27N3O5/c1-4-10-21-19(25)22-15(17(20)23)11-14(18(24)27-5-2)16(22)12-6-8-13(26-3)9-7-12/h6-9,14-16H,4-5,10-11H2,1-3H3,(H2,20,23)(H,21,25). The van der Waals surface area contributed by atoms with E-state index in [1.165, 1.54) is 4.90 Å². The van der Waals surface area contributed by atoms with E-state index in [1.807, 2.05) is 6.92 Å². The lowest BCUT2D eigenvalue weighted by Gasteiger charge is -2.30. The predicted molar refractivity (Wildman–Crippen MR) is 99.0 cm³/mol. The number of primary amides is 1. The average Bonchev–Trinajstić information content (AvgIpc) is 3.07. The Morgan fingerprint density at radius 1 is 1.22 bits per heavy atom. The van der Waals surface area contributed by atoms with Crippen LogP contribution in [0.3, 0.4) is 0 Å². The highest BCUT2D eigenvalue weighted by molar-refractivity contribution is 5.89. The van der Waals surface area contributed by atoms with Crippen molar-refractivity contribution in [1.82, 2.24) is 10.2 Å². The monoisotopic (exact) mass is 377 g/mol. The molecule has 0 bridgehead atoms. The highest BCUT2D eigenvalue weighted by Crippen LogP contribution is 2.42. The first-order chi connectivity index (χ1) is 12.9. The molecule has 1 aliphatic heterocycles. The number of nitrogens with zero attached hydrogens (tertiary/aromatic N) is 1. The van der Waals surface area contributed by atoms with E-state index in [2.05, 4.69) is 5.32 Å². The number of hydrogen-bond acceptors (Lipinski definition) is 5. The zero-order chi connectivity index (χ0) is 20.0. The zero-order valence-corrected chi connectivity index (χ0v) is 15.9. The van der Waals surface area contributed by atoms with Crippen LogP contribution in [0.5, 0.6) is 5.75 Å². The Labute approximate surface area is 159 Å². The fourth-order valence-electron chi connectivity index (χ4n) is 3.38. The third-order valence-corrected chi connectivity index (χ3v) is 4.63. The lowest BCUT2D eigenvalue weighted by Crippen LogP contribution is -2.49. The van der Waals surface area contributed by atoms with Crippen LogP contribution in [0.1, 0.15) is 38.3 Å². The van der Waals surface area contributed by atoms with Crippen molar-refractivity contribution in [2.75, 3.05) is 20.3 Å². The summed E-state index contributed by atoms with van der Waals surface area (Å²) >= 11 is 0.